The van der Waals surface area contributed by atoms with E-state index in [1.54, 1.807) is 13.8 Å². The van der Waals surface area contributed by atoms with Crippen LogP contribution in [0.1, 0.15) is 44.4 Å². The number of fused-ring (bicyclic) bond motifs is 1. The first-order valence-corrected chi connectivity index (χ1v) is 6.97. The van der Waals surface area contributed by atoms with Gasteiger partial charge in [-0.25, -0.2) is 0 Å². The molecular formula is C15H21F3N2O2. The highest BCUT2D eigenvalue weighted by atomic mass is 19.4. The second kappa shape index (κ2) is 7.49. The molecule has 0 spiro atoms. The number of benzene rings is 1. The number of nitrogens with one attached hydrogen (secondary N) is 1. The van der Waals surface area contributed by atoms with Gasteiger partial charge < -0.3 is 15.8 Å². The average Bonchev–Trinajstić information content (AvgIpc) is 2.37. The normalized spacial score (nSPS) is 20.4. The van der Waals surface area contributed by atoms with Crippen LogP contribution in [0.15, 0.2) is 18.2 Å². The Balaban J connectivity index is 0.000000346. The summed E-state index contributed by atoms with van der Waals surface area (Å²) in [5, 5.41) is 3.12. The van der Waals surface area contributed by atoms with Crippen molar-refractivity contribution in [2.45, 2.75) is 51.6 Å². The molecule has 0 aliphatic carbocycles. The highest BCUT2D eigenvalue weighted by Crippen LogP contribution is 2.36. The molecule has 124 valence electrons. The zero-order chi connectivity index (χ0) is 16.9. The number of alkyl halides is 3. The van der Waals surface area contributed by atoms with Crippen molar-refractivity contribution in [1.29, 1.82) is 0 Å². The summed E-state index contributed by atoms with van der Waals surface area (Å²) in [7, 11) is 0. The van der Waals surface area contributed by atoms with Crippen LogP contribution in [0.4, 0.5) is 18.9 Å². The predicted octanol–water partition coefficient (Wildman–Crippen LogP) is 3.48. The highest BCUT2D eigenvalue weighted by Gasteiger charge is 2.32. The van der Waals surface area contributed by atoms with Crippen LogP contribution in [0, 0.1) is 0 Å². The largest absolute Gasteiger partial charge is 0.465 e. The summed E-state index contributed by atoms with van der Waals surface area (Å²) in [5.74, 6) is 0. The third-order valence-corrected chi connectivity index (χ3v) is 3.12. The summed E-state index contributed by atoms with van der Waals surface area (Å²) in [5.41, 5.74) is 6.46. The molecule has 1 aliphatic heterocycles. The molecule has 1 aromatic carbocycles. The van der Waals surface area contributed by atoms with Gasteiger partial charge in [-0.3, -0.25) is 4.79 Å². The van der Waals surface area contributed by atoms with E-state index in [2.05, 4.69) is 10.1 Å². The van der Waals surface area contributed by atoms with Crippen molar-refractivity contribution < 1.29 is 22.7 Å². The number of rotatable bonds is 2. The zero-order valence-electron chi connectivity index (χ0n) is 12.8. The van der Waals surface area contributed by atoms with Crippen molar-refractivity contribution in [3.63, 3.8) is 0 Å². The smallest absolute Gasteiger partial charge is 0.416 e. The van der Waals surface area contributed by atoms with E-state index in [0.717, 1.165) is 12.1 Å². The number of hydrogen-bond donors (Lipinski definition) is 2. The molecule has 3 N–H and O–H groups in total. The summed E-state index contributed by atoms with van der Waals surface area (Å²) >= 11 is 0. The summed E-state index contributed by atoms with van der Waals surface area (Å²) < 4.78 is 41.9. The first-order valence-electron chi connectivity index (χ1n) is 6.97. The zero-order valence-corrected chi connectivity index (χ0v) is 12.8. The molecule has 2 atom stereocenters. The summed E-state index contributed by atoms with van der Waals surface area (Å²) in [6, 6.07) is 3.54. The molecule has 0 fully saturated rings. The standard InChI is InChI=1S/C11H13F3N2.C4H8O2/c1-6-4-9(15)8-5-7(11(12,13)14)2-3-10(8)16-6;1-4(2)6-3-5/h2-3,5-6,9,16H,4,15H2,1H3;3-4H,1-2H3/t6-,9+;/m1./s1. The van der Waals surface area contributed by atoms with Crippen molar-refractivity contribution in [2.24, 2.45) is 5.73 Å². The number of nitrogens with two attached hydrogens (primary N) is 1. The molecule has 0 saturated carbocycles. The Morgan fingerprint density at radius 1 is 1.41 bits per heavy atom. The van der Waals surface area contributed by atoms with Gasteiger partial charge in [0.2, 0.25) is 0 Å². The molecule has 0 bridgehead atoms. The first kappa shape index (κ1) is 18.3. The molecule has 1 heterocycles. The van der Waals surface area contributed by atoms with Gasteiger partial charge in [0.1, 0.15) is 0 Å². The van der Waals surface area contributed by atoms with Gasteiger partial charge in [0.05, 0.1) is 11.7 Å². The minimum Gasteiger partial charge on any atom is -0.465 e. The van der Waals surface area contributed by atoms with Gasteiger partial charge in [0.15, 0.2) is 0 Å². The van der Waals surface area contributed by atoms with Crippen LogP contribution >= 0.6 is 0 Å². The Morgan fingerprint density at radius 2 is 2.05 bits per heavy atom. The third kappa shape index (κ3) is 5.22. The van der Waals surface area contributed by atoms with E-state index < -0.39 is 11.7 Å². The number of halogens is 3. The molecule has 0 saturated heterocycles. The minimum absolute atomic E-state index is 0.0301. The van der Waals surface area contributed by atoms with Gasteiger partial charge in [0.25, 0.3) is 6.47 Å². The number of anilines is 1. The van der Waals surface area contributed by atoms with Crippen LogP contribution in [0.3, 0.4) is 0 Å². The van der Waals surface area contributed by atoms with E-state index in [0.29, 0.717) is 24.1 Å². The SMILES string of the molecule is CC(C)OC=O.C[C@@H]1C[C@H](N)c2cc(C(F)(F)F)ccc2N1. The summed E-state index contributed by atoms with van der Waals surface area (Å²) in [4.78, 5) is 9.39. The summed E-state index contributed by atoms with van der Waals surface area (Å²) in [6.07, 6.45) is -3.63. The predicted molar refractivity (Wildman–Crippen MR) is 78.4 cm³/mol. The lowest BCUT2D eigenvalue weighted by atomic mass is 9.93. The molecule has 1 aliphatic rings. The van der Waals surface area contributed by atoms with Gasteiger partial charge in [-0.05, 0) is 51.0 Å². The Hall–Kier alpha value is -1.76. The highest BCUT2D eigenvalue weighted by molar-refractivity contribution is 5.57. The van der Waals surface area contributed by atoms with Crippen LogP contribution in [0.5, 0.6) is 0 Å². The van der Waals surface area contributed by atoms with Crippen molar-refractivity contribution in [3.8, 4) is 0 Å². The van der Waals surface area contributed by atoms with Crippen LogP contribution in [0.2, 0.25) is 0 Å². The Kier molecular flexibility index (Phi) is 6.22. The molecule has 1 aromatic rings. The van der Waals surface area contributed by atoms with Gasteiger partial charge in [-0.15, -0.1) is 0 Å². The fourth-order valence-electron chi connectivity index (χ4n) is 2.12. The average molecular weight is 318 g/mol. The van der Waals surface area contributed by atoms with Crippen LogP contribution in [-0.2, 0) is 15.7 Å². The number of carbonyl (C=O) groups is 1. The fourth-order valence-corrected chi connectivity index (χ4v) is 2.12. The molecular weight excluding hydrogens is 297 g/mol. The number of hydrogen-bond acceptors (Lipinski definition) is 4. The maximum Gasteiger partial charge on any atom is 0.416 e. The lowest BCUT2D eigenvalue weighted by Crippen LogP contribution is -2.29. The van der Waals surface area contributed by atoms with Crippen molar-refractivity contribution >= 4 is 12.2 Å². The van der Waals surface area contributed by atoms with Gasteiger partial charge in [0, 0.05) is 17.8 Å². The number of carbonyl (C=O) groups excluding carboxylic acids is 1. The Labute approximate surface area is 127 Å². The Morgan fingerprint density at radius 3 is 2.50 bits per heavy atom. The monoisotopic (exact) mass is 318 g/mol. The van der Waals surface area contributed by atoms with Crippen molar-refractivity contribution in [1.82, 2.24) is 0 Å². The van der Waals surface area contributed by atoms with Crippen LogP contribution in [-0.4, -0.2) is 18.6 Å². The quantitative estimate of drug-likeness (QED) is 0.820. The maximum atomic E-state index is 12.5. The lowest BCUT2D eigenvalue weighted by molar-refractivity contribution is -0.137. The van der Waals surface area contributed by atoms with E-state index >= 15 is 0 Å². The molecule has 0 unspecified atom stereocenters. The minimum atomic E-state index is -4.31. The maximum absolute atomic E-state index is 12.5. The fraction of sp³-hybridized carbons (Fsp3) is 0.533. The topological polar surface area (TPSA) is 64.3 Å². The molecule has 22 heavy (non-hydrogen) atoms. The molecule has 7 heteroatoms. The van der Waals surface area contributed by atoms with E-state index in [1.165, 1.54) is 6.07 Å². The number of ether oxygens (including phenoxy) is 1. The molecule has 0 radical (unpaired) electrons. The lowest BCUT2D eigenvalue weighted by Gasteiger charge is -2.29. The second-order valence-electron chi connectivity index (χ2n) is 5.47. The molecule has 2 rings (SSSR count). The van der Waals surface area contributed by atoms with Crippen LogP contribution < -0.4 is 11.1 Å². The van der Waals surface area contributed by atoms with Gasteiger partial charge >= 0.3 is 6.18 Å². The first-order chi connectivity index (χ1) is 10.1. The molecule has 4 nitrogen and oxygen atoms in total. The van der Waals surface area contributed by atoms with E-state index in [-0.39, 0.29) is 18.2 Å². The second-order valence-corrected chi connectivity index (χ2v) is 5.47. The van der Waals surface area contributed by atoms with Crippen molar-refractivity contribution in [2.75, 3.05) is 5.32 Å². The van der Waals surface area contributed by atoms with Crippen LogP contribution in [0.25, 0.3) is 0 Å². The van der Waals surface area contributed by atoms with E-state index in [1.807, 2.05) is 6.92 Å². The van der Waals surface area contributed by atoms with E-state index in [9.17, 15) is 18.0 Å². The van der Waals surface area contributed by atoms with E-state index in [4.69, 9.17) is 5.73 Å². The molecule has 0 amide bonds. The van der Waals surface area contributed by atoms with Gasteiger partial charge in [-0.2, -0.15) is 13.2 Å². The Bertz CT molecular complexity index is 504. The third-order valence-electron chi connectivity index (χ3n) is 3.12. The molecule has 0 aromatic heterocycles. The van der Waals surface area contributed by atoms with Gasteiger partial charge in [-0.1, -0.05) is 0 Å². The van der Waals surface area contributed by atoms with Crippen molar-refractivity contribution in [3.05, 3.63) is 29.3 Å². The summed E-state index contributed by atoms with van der Waals surface area (Å²) in [6.45, 7) is 6.01.